The topological polar surface area (TPSA) is 73.1 Å². The Kier molecular flexibility index (Phi) is 7.45. The molecule has 0 radical (unpaired) electrons. The zero-order valence-electron chi connectivity index (χ0n) is 18.6. The van der Waals surface area contributed by atoms with Crippen molar-refractivity contribution in [1.82, 2.24) is 14.5 Å². The first-order chi connectivity index (χ1) is 14.9. The van der Waals surface area contributed by atoms with Gasteiger partial charge in [-0.25, -0.2) is 4.79 Å². The molecule has 0 spiro atoms. The van der Waals surface area contributed by atoms with Gasteiger partial charge in [0, 0.05) is 19.5 Å². The van der Waals surface area contributed by atoms with Gasteiger partial charge in [-0.3, -0.25) is 18.7 Å². The number of nitrogens with zero attached hydrogens (tertiary/aromatic N) is 2. The Labute approximate surface area is 182 Å². The van der Waals surface area contributed by atoms with Crippen molar-refractivity contribution in [2.45, 2.75) is 53.1 Å². The van der Waals surface area contributed by atoms with Crippen molar-refractivity contribution in [3.8, 4) is 0 Å². The molecule has 3 aromatic rings. The third kappa shape index (κ3) is 5.72. The van der Waals surface area contributed by atoms with Gasteiger partial charge in [-0.1, -0.05) is 55.8 Å². The van der Waals surface area contributed by atoms with Gasteiger partial charge < -0.3 is 5.32 Å². The minimum atomic E-state index is -0.312. The van der Waals surface area contributed by atoms with Crippen LogP contribution in [-0.4, -0.2) is 21.6 Å². The first-order valence-corrected chi connectivity index (χ1v) is 10.9. The number of hydrogen-bond acceptors (Lipinski definition) is 3. The van der Waals surface area contributed by atoms with Crippen LogP contribution in [0.1, 0.15) is 44.2 Å². The number of unbranched alkanes of at least 4 members (excludes halogenated alkanes) is 1. The van der Waals surface area contributed by atoms with Crippen molar-refractivity contribution in [2.75, 3.05) is 6.54 Å². The molecule has 0 aliphatic carbocycles. The van der Waals surface area contributed by atoms with E-state index in [9.17, 15) is 14.4 Å². The summed E-state index contributed by atoms with van der Waals surface area (Å²) in [4.78, 5) is 38.1. The van der Waals surface area contributed by atoms with E-state index in [1.165, 1.54) is 4.57 Å². The number of amides is 1. The van der Waals surface area contributed by atoms with Crippen LogP contribution in [0.2, 0.25) is 0 Å². The maximum absolute atomic E-state index is 13.2. The molecule has 1 heterocycles. The molecule has 6 nitrogen and oxygen atoms in total. The standard InChI is InChI=1S/C25H31N3O3/c1-18(2)16-26-23(29)10-6-7-15-27-24(30)21-8-4-5-9-22(21)28(25(27)31)17-20-13-11-19(3)12-14-20/h4-5,8-9,11-14,18H,6-7,10,15-17H2,1-3H3,(H,26,29). The summed E-state index contributed by atoms with van der Waals surface area (Å²) in [6.45, 7) is 7.48. The quantitative estimate of drug-likeness (QED) is 0.538. The van der Waals surface area contributed by atoms with Crippen molar-refractivity contribution in [2.24, 2.45) is 5.92 Å². The van der Waals surface area contributed by atoms with Gasteiger partial charge in [0.1, 0.15) is 0 Å². The normalized spacial score (nSPS) is 11.2. The number of aryl methyl sites for hydroxylation is 1. The van der Waals surface area contributed by atoms with E-state index >= 15 is 0 Å². The Bertz CT molecular complexity index is 1160. The largest absolute Gasteiger partial charge is 0.356 e. The number of hydrogen-bond donors (Lipinski definition) is 1. The van der Waals surface area contributed by atoms with Crippen molar-refractivity contribution in [1.29, 1.82) is 0 Å². The van der Waals surface area contributed by atoms with Gasteiger partial charge in [-0.2, -0.15) is 0 Å². The minimum Gasteiger partial charge on any atom is -0.356 e. The summed E-state index contributed by atoms with van der Waals surface area (Å²) in [6, 6.07) is 15.3. The molecule has 164 valence electrons. The molecule has 0 atom stereocenters. The smallest absolute Gasteiger partial charge is 0.331 e. The van der Waals surface area contributed by atoms with Crippen LogP contribution in [0.25, 0.3) is 10.9 Å². The zero-order valence-corrected chi connectivity index (χ0v) is 18.6. The van der Waals surface area contributed by atoms with Gasteiger partial charge in [0.25, 0.3) is 5.56 Å². The number of para-hydroxylation sites is 1. The Morgan fingerprint density at radius 2 is 1.68 bits per heavy atom. The van der Waals surface area contributed by atoms with Crippen LogP contribution in [-0.2, 0) is 17.9 Å². The van der Waals surface area contributed by atoms with E-state index in [0.717, 1.165) is 11.1 Å². The molecule has 0 saturated carbocycles. The summed E-state index contributed by atoms with van der Waals surface area (Å²) < 4.78 is 2.97. The molecule has 31 heavy (non-hydrogen) atoms. The third-order valence-corrected chi connectivity index (χ3v) is 5.34. The molecule has 1 aromatic heterocycles. The monoisotopic (exact) mass is 421 g/mol. The van der Waals surface area contributed by atoms with Crippen LogP contribution < -0.4 is 16.6 Å². The number of benzene rings is 2. The lowest BCUT2D eigenvalue weighted by atomic mass is 10.1. The van der Waals surface area contributed by atoms with E-state index in [1.54, 1.807) is 10.6 Å². The summed E-state index contributed by atoms with van der Waals surface area (Å²) in [7, 11) is 0. The van der Waals surface area contributed by atoms with E-state index < -0.39 is 0 Å². The summed E-state index contributed by atoms with van der Waals surface area (Å²) in [5.41, 5.74) is 2.22. The van der Waals surface area contributed by atoms with Crippen LogP contribution >= 0.6 is 0 Å². The lowest BCUT2D eigenvalue weighted by molar-refractivity contribution is -0.121. The highest BCUT2D eigenvalue weighted by atomic mass is 16.2. The molecular formula is C25H31N3O3. The Morgan fingerprint density at radius 3 is 2.39 bits per heavy atom. The lowest BCUT2D eigenvalue weighted by Gasteiger charge is -2.14. The fraction of sp³-hybridized carbons (Fsp3) is 0.400. The van der Waals surface area contributed by atoms with Crippen molar-refractivity contribution in [3.05, 3.63) is 80.5 Å². The molecule has 2 aromatic carbocycles. The van der Waals surface area contributed by atoms with Gasteiger partial charge in [-0.15, -0.1) is 0 Å². The van der Waals surface area contributed by atoms with Gasteiger partial charge in [0.2, 0.25) is 5.91 Å². The number of fused-ring (bicyclic) bond motifs is 1. The van der Waals surface area contributed by atoms with E-state index in [4.69, 9.17) is 0 Å². The van der Waals surface area contributed by atoms with Gasteiger partial charge in [0.05, 0.1) is 17.4 Å². The van der Waals surface area contributed by atoms with Crippen LogP contribution in [0.15, 0.2) is 58.1 Å². The highest BCUT2D eigenvalue weighted by Crippen LogP contribution is 2.11. The molecule has 0 aliphatic rings. The van der Waals surface area contributed by atoms with Crippen LogP contribution in [0, 0.1) is 12.8 Å². The highest BCUT2D eigenvalue weighted by Gasteiger charge is 2.13. The molecule has 6 heteroatoms. The number of nitrogens with one attached hydrogen (secondary N) is 1. The van der Waals surface area contributed by atoms with Crippen LogP contribution in [0.4, 0.5) is 0 Å². The minimum absolute atomic E-state index is 0.0105. The molecule has 0 unspecified atom stereocenters. The second-order valence-corrected chi connectivity index (χ2v) is 8.48. The fourth-order valence-electron chi connectivity index (χ4n) is 3.56. The Balaban J connectivity index is 1.81. The summed E-state index contributed by atoms with van der Waals surface area (Å²) in [6.07, 6.45) is 1.61. The highest BCUT2D eigenvalue weighted by molar-refractivity contribution is 5.78. The van der Waals surface area contributed by atoms with Crippen LogP contribution in [0.3, 0.4) is 0 Å². The maximum Gasteiger partial charge on any atom is 0.331 e. The molecule has 1 amide bonds. The number of carbonyl (C=O) groups is 1. The van der Waals surface area contributed by atoms with Crippen molar-refractivity contribution >= 4 is 16.8 Å². The fourth-order valence-corrected chi connectivity index (χ4v) is 3.56. The van der Waals surface area contributed by atoms with E-state index in [2.05, 4.69) is 5.32 Å². The predicted octanol–water partition coefficient (Wildman–Crippen LogP) is 3.46. The molecule has 3 rings (SSSR count). The Hall–Kier alpha value is -3.15. The number of rotatable bonds is 9. The third-order valence-electron chi connectivity index (χ3n) is 5.34. The van der Waals surface area contributed by atoms with Crippen molar-refractivity contribution in [3.63, 3.8) is 0 Å². The van der Waals surface area contributed by atoms with Gasteiger partial charge >= 0.3 is 5.69 Å². The zero-order chi connectivity index (χ0) is 22.4. The molecule has 0 bridgehead atoms. The first kappa shape index (κ1) is 22.5. The summed E-state index contributed by atoms with van der Waals surface area (Å²) in [5.74, 6) is 0.420. The lowest BCUT2D eigenvalue weighted by Crippen LogP contribution is -2.40. The van der Waals surface area contributed by atoms with E-state index in [0.29, 0.717) is 55.7 Å². The van der Waals surface area contributed by atoms with Gasteiger partial charge in [-0.05, 0) is 43.4 Å². The number of aromatic nitrogens is 2. The second kappa shape index (κ2) is 10.2. The molecular weight excluding hydrogens is 390 g/mol. The maximum atomic E-state index is 13.2. The van der Waals surface area contributed by atoms with Crippen LogP contribution in [0.5, 0.6) is 0 Å². The summed E-state index contributed by atoms with van der Waals surface area (Å²) >= 11 is 0. The average molecular weight is 422 g/mol. The average Bonchev–Trinajstić information content (AvgIpc) is 2.76. The van der Waals surface area contributed by atoms with Crippen molar-refractivity contribution < 1.29 is 4.79 Å². The molecule has 1 N–H and O–H groups in total. The molecule has 0 fully saturated rings. The SMILES string of the molecule is Cc1ccc(Cn2c(=O)n(CCCCC(=O)NCC(C)C)c(=O)c3ccccc32)cc1. The molecule has 0 aliphatic heterocycles. The van der Waals surface area contributed by atoms with E-state index in [-0.39, 0.29) is 17.2 Å². The van der Waals surface area contributed by atoms with Gasteiger partial charge in [0.15, 0.2) is 0 Å². The molecule has 0 saturated heterocycles. The first-order valence-electron chi connectivity index (χ1n) is 10.9. The number of carbonyl (C=O) groups excluding carboxylic acids is 1. The second-order valence-electron chi connectivity index (χ2n) is 8.48. The Morgan fingerprint density at radius 1 is 0.968 bits per heavy atom. The predicted molar refractivity (Wildman–Crippen MR) is 124 cm³/mol. The van der Waals surface area contributed by atoms with E-state index in [1.807, 2.05) is 63.2 Å². The summed E-state index contributed by atoms with van der Waals surface area (Å²) in [5, 5.41) is 3.43.